The number of pyridine rings is 1. The lowest BCUT2D eigenvalue weighted by molar-refractivity contribution is -0.119. The van der Waals surface area contributed by atoms with Crippen LogP contribution in [0.5, 0.6) is 0 Å². The minimum atomic E-state index is -1.22. The maximum atomic E-state index is 13.9. The SMILES string of the molecule is CC(C)n1cc(C(=O)c2cncc(N(C(=O)OC(C)(C)C)[C@@H](Cc3ccc(C(=O)c4ccccc4)cc3)C(N)=O)c2)c2cncnc21. The summed E-state index contributed by atoms with van der Waals surface area (Å²) in [5, 5.41) is 0.574. The van der Waals surface area contributed by atoms with Crippen molar-refractivity contribution in [2.75, 3.05) is 4.90 Å². The highest BCUT2D eigenvalue weighted by atomic mass is 16.6. The number of ketones is 2. The number of hydrogen-bond donors (Lipinski definition) is 1. The normalized spacial score (nSPS) is 12.1. The van der Waals surface area contributed by atoms with Crippen LogP contribution in [0.25, 0.3) is 11.0 Å². The van der Waals surface area contributed by atoms with E-state index < -0.39 is 23.6 Å². The lowest BCUT2D eigenvalue weighted by atomic mass is 9.98. The Morgan fingerprint density at radius 2 is 1.55 bits per heavy atom. The van der Waals surface area contributed by atoms with Crippen molar-refractivity contribution in [1.82, 2.24) is 19.5 Å². The molecule has 0 aliphatic carbocycles. The van der Waals surface area contributed by atoms with Crippen molar-refractivity contribution in [1.29, 1.82) is 0 Å². The van der Waals surface area contributed by atoms with E-state index in [-0.39, 0.29) is 35.3 Å². The largest absolute Gasteiger partial charge is 0.443 e. The molecule has 0 unspecified atom stereocenters. The molecule has 2 aromatic carbocycles. The minimum absolute atomic E-state index is 0.00573. The predicted molar refractivity (Wildman–Crippen MR) is 177 cm³/mol. The van der Waals surface area contributed by atoms with Crippen LogP contribution in [-0.4, -0.2) is 54.7 Å². The number of fused-ring (bicyclic) bond motifs is 1. The molecule has 0 fully saturated rings. The van der Waals surface area contributed by atoms with Gasteiger partial charge in [0.1, 0.15) is 23.6 Å². The average Bonchev–Trinajstić information content (AvgIpc) is 3.44. The number of nitrogens with two attached hydrogens (primary N) is 1. The van der Waals surface area contributed by atoms with Crippen molar-refractivity contribution >= 4 is 40.3 Å². The molecule has 2 N–H and O–H groups in total. The Morgan fingerprint density at radius 1 is 0.872 bits per heavy atom. The third-order valence-electron chi connectivity index (χ3n) is 7.47. The van der Waals surface area contributed by atoms with E-state index in [9.17, 15) is 19.2 Å². The molecule has 11 nitrogen and oxygen atoms in total. The van der Waals surface area contributed by atoms with E-state index in [0.29, 0.717) is 33.3 Å². The zero-order valence-electron chi connectivity index (χ0n) is 26.9. The van der Waals surface area contributed by atoms with Gasteiger partial charge >= 0.3 is 6.09 Å². The number of hydrogen-bond acceptors (Lipinski definition) is 8. The van der Waals surface area contributed by atoms with E-state index in [1.807, 2.05) is 24.5 Å². The number of carbonyl (C=O) groups is 4. The summed E-state index contributed by atoms with van der Waals surface area (Å²) >= 11 is 0. The molecule has 3 aromatic heterocycles. The van der Waals surface area contributed by atoms with E-state index in [2.05, 4.69) is 15.0 Å². The number of amides is 2. The first-order valence-electron chi connectivity index (χ1n) is 15.1. The van der Waals surface area contributed by atoms with Crippen LogP contribution in [0.4, 0.5) is 10.5 Å². The zero-order chi connectivity index (χ0) is 33.9. The first kappa shape index (κ1) is 32.7. The summed E-state index contributed by atoms with van der Waals surface area (Å²) in [5.41, 5.74) is 7.98. The molecule has 0 saturated heterocycles. The first-order valence-corrected chi connectivity index (χ1v) is 15.1. The van der Waals surface area contributed by atoms with Gasteiger partial charge in [0.05, 0.1) is 17.4 Å². The van der Waals surface area contributed by atoms with Gasteiger partial charge in [0, 0.05) is 53.1 Å². The van der Waals surface area contributed by atoms with Crippen LogP contribution in [0.2, 0.25) is 0 Å². The molecule has 0 saturated carbocycles. The molecule has 1 atom stereocenters. The molecular formula is C36H36N6O5. The van der Waals surface area contributed by atoms with E-state index in [0.717, 1.165) is 4.90 Å². The smallest absolute Gasteiger partial charge is 0.415 e. The van der Waals surface area contributed by atoms with Crippen molar-refractivity contribution in [3.63, 3.8) is 0 Å². The van der Waals surface area contributed by atoms with Crippen LogP contribution in [0.1, 0.15) is 78.1 Å². The number of aromatic nitrogens is 4. The number of nitrogens with zero attached hydrogens (tertiary/aromatic N) is 5. The number of rotatable bonds is 10. The van der Waals surface area contributed by atoms with E-state index in [1.54, 1.807) is 81.7 Å². The Balaban J connectivity index is 1.50. The third-order valence-corrected chi connectivity index (χ3v) is 7.47. The molecular weight excluding hydrogens is 596 g/mol. The van der Waals surface area contributed by atoms with Crippen LogP contribution in [0, 0.1) is 0 Å². The van der Waals surface area contributed by atoms with Crippen LogP contribution >= 0.6 is 0 Å². The number of benzene rings is 2. The first-order chi connectivity index (χ1) is 22.3. The molecule has 240 valence electrons. The summed E-state index contributed by atoms with van der Waals surface area (Å²) in [6.07, 6.45) is 6.67. The van der Waals surface area contributed by atoms with E-state index in [1.165, 1.54) is 24.8 Å². The molecule has 0 bridgehead atoms. The highest BCUT2D eigenvalue weighted by Crippen LogP contribution is 2.28. The van der Waals surface area contributed by atoms with Crippen LogP contribution in [-0.2, 0) is 16.0 Å². The van der Waals surface area contributed by atoms with Crippen LogP contribution in [0.15, 0.2) is 91.8 Å². The monoisotopic (exact) mass is 632 g/mol. The van der Waals surface area contributed by atoms with Gasteiger partial charge in [-0.15, -0.1) is 0 Å². The summed E-state index contributed by atoms with van der Waals surface area (Å²) < 4.78 is 7.58. The minimum Gasteiger partial charge on any atom is -0.443 e. The standard InChI is InChI=1S/C36H36N6O5/c1-22(2)41-20-29(28-19-39-21-40-34(28)41)32(44)26-16-27(18-38-17-26)42(35(46)47-36(3,4)5)30(33(37)45)15-23-11-13-25(14-12-23)31(43)24-9-7-6-8-10-24/h6-14,16-22,30H,15H2,1-5H3,(H2,37,45)/t30-/m0/s1. The number of carbonyl (C=O) groups excluding carboxylic acids is 4. The van der Waals surface area contributed by atoms with Gasteiger partial charge in [0.15, 0.2) is 11.6 Å². The highest BCUT2D eigenvalue weighted by molar-refractivity contribution is 6.16. The Bertz CT molecular complexity index is 1940. The molecule has 5 rings (SSSR count). The van der Waals surface area contributed by atoms with Crippen molar-refractivity contribution < 1.29 is 23.9 Å². The average molecular weight is 633 g/mol. The lowest BCUT2D eigenvalue weighted by Crippen LogP contribution is -2.51. The Labute approximate surface area is 272 Å². The summed E-state index contributed by atoms with van der Waals surface area (Å²) in [6, 6.07) is 15.9. The zero-order valence-corrected chi connectivity index (χ0v) is 26.9. The molecule has 0 spiro atoms. The second-order valence-electron chi connectivity index (χ2n) is 12.4. The fourth-order valence-corrected chi connectivity index (χ4v) is 5.22. The molecule has 0 radical (unpaired) electrons. The Morgan fingerprint density at radius 3 is 2.19 bits per heavy atom. The maximum absolute atomic E-state index is 13.9. The van der Waals surface area contributed by atoms with Crippen LogP contribution < -0.4 is 10.6 Å². The number of anilines is 1. The van der Waals surface area contributed by atoms with Crippen molar-refractivity contribution in [3.8, 4) is 0 Å². The predicted octanol–water partition coefficient (Wildman–Crippen LogP) is 5.71. The molecule has 3 heterocycles. The second kappa shape index (κ2) is 13.3. The van der Waals surface area contributed by atoms with Gasteiger partial charge in [-0.2, -0.15) is 0 Å². The van der Waals surface area contributed by atoms with Gasteiger partial charge in [0.2, 0.25) is 5.91 Å². The molecule has 11 heteroatoms. The van der Waals surface area contributed by atoms with Gasteiger partial charge in [-0.3, -0.25) is 24.3 Å². The fourth-order valence-electron chi connectivity index (χ4n) is 5.22. The molecule has 47 heavy (non-hydrogen) atoms. The van der Waals surface area contributed by atoms with Gasteiger partial charge < -0.3 is 15.0 Å². The van der Waals surface area contributed by atoms with Gasteiger partial charge in [-0.05, 0) is 46.2 Å². The van der Waals surface area contributed by atoms with Crippen molar-refractivity contribution in [3.05, 3.63) is 120 Å². The molecule has 0 aliphatic rings. The highest BCUT2D eigenvalue weighted by Gasteiger charge is 2.34. The van der Waals surface area contributed by atoms with E-state index in [4.69, 9.17) is 10.5 Å². The second-order valence-corrected chi connectivity index (χ2v) is 12.4. The van der Waals surface area contributed by atoms with Crippen LogP contribution in [0.3, 0.4) is 0 Å². The summed E-state index contributed by atoms with van der Waals surface area (Å²) in [5.74, 6) is -1.30. The quantitative estimate of drug-likeness (QED) is 0.192. The fraction of sp³-hybridized carbons (Fsp3) is 0.250. The molecule has 2 amide bonds. The maximum Gasteiger partial charge on any atom is 0.415 e. The molecule has 5 aromatic rings. The molecule has 0 aliphatic heterocycles. The number of primary amides is 1. The van der Waals surface area contributed by atoms with Gasteiger partial charge in [-0.25, -0.2) is 14.8 Å². The third kappa shape index (κ3) is 7.25. The van der Waals surface area contributed by atoms with Crippen molar-refractivity contribution in [2.45, 2.75) is 58.7 Å². The topological polar surface area (TPSA) is 150 Å². The Kier molecular flexibility index (Phi) is 9.27. The summed E-state index contributed by atoms with van der Waals surface area (Å²) in [6.45, 7) is 9.07. The van der Waals surface area contributed by atoms with Gasteiger partial charge in [0.25, 0.3) is 0 Å². The lowest BCUT2D eigenvalue weighted by Gasteiger charge is -2.32. The summed E-state index contributed by atoms with van der Waals surface area (Å²) in [4.78, 5) is 67.4. The van der Waals surface area contributed by atoms with Gasteiger partial charge in [-0.1, -0.05) is 54.6 Å². The van der Waals surface area contributed by atoms with Crippen molar-refractivity contribution in [2.24, 2.45) is 5.73 Å². The van der Waals surface area contributed by atoms with E-state index >= 15 is 0 Å². The Hall–Kier alpha value is -5.71. The summed E-state index contributed by atoms with van der Waals surface area (Å²) in [7, 11) is 0. The number of ether oxygens (including phenoxy) is 1.